The van der Waals surface area contributed by atoms with Gasteiger partial charge in [-0.3, -0.25) is 10.1 Å². The van der Waals surface area contributed by atoms with Crippen LogP contribution in [0.2, 0.25) is 0 Å². The number of rotatable bonds is 3. The van der Waals surface area contributed by atoms with Crippen LogP contribution in [0, 0.1) is 28.4 Å². The largest absolute Gasteiger partial charge is 0.381 e. The first-order valence-electron chi connectivity index (χ1n) is 5.67. The van der Waals surface area contributed by atoms with Crippen LogP contribution < -0.4 is 5.73 Å². The summed E-state index contributed by atoms with van der Waals surface area (Å²) in [6.07, 6.45) is -1.73. The molecule has 0 aliphatic rings. The van der Waals surface area contributed by atoms with Gasteiger partial charge in [0.1, 0.15) is 11.6 Å². The molecular formula is C12H9F2N5O2. The summed E-state index contributed by atoms with van der Waals surface area (Å²) in [5, 5.41) is 23.4. The monoisotopic (exact) mass is 293 g/mol. The average Bonchev–Trinajstić information content (AvgIpc) is 2.78. The van der Waals surface area contributed by atoms with Crippen LogP contribution in [0.3, 0.4) is 0 Å². The molecule has 9 heteroatoms. The first kappa shape index (κ1) is 14.4. The molecule has 2 aromatic rings. The van der Waals surface area contributed by atoms with E-state index in [2.05, 4.69) is 5.10 Å². The summed E-state index contributed by atoms with van der Waals surface area (Å²) in [5.41, 5.74) is 4.75. The van der Waals surface area contributed by atoms with Gasteiger partial charge in [0.05, 0.1) is 22.4 Å². The summed E-state index contributed by atoms with van der Waals surface area (Å²) < 4.78 is 27.4. The summed E-state index contributed by atoms with van der Waals surface area (Å²) in [4.78, 5) is 10.0. The van der Waals surface area contributed by atoms with E-state index in [-0.39, 0.29) is 22.6 Å². The van der Waals surface area contributed by atoms with Gasteiger partial charge in [-0.15, -0.1) is 5.10 Å². The molecule has 1 aromatic carbocycles. The number of aromatic nitrogens is 2. The number of aryl methyl sites for hydroxylation is 1. The topological polar surface area (TPSA) is 111 Å². The maximum Gasteiger partial charge on any atom is 0.270 e. The molecule has 1 heterocycles. The Labute approximate surface area is 117 Å². The van der Waals surface area contributed by atoms with Crippen molar-refractivity contribution in [2.24, 2.45) is 0 Å². The number of nitrogens with zero attached hydrogens (tertiary/aromatic N) is 4. The Morgan fingerprint density at radius 3 is 2.67 bits per heavy atom. The number of nitrogen functional groups attached to an aromatic ring is 1. The number of non-ortho nitro benzene ring substituents is 1. The Balaban J connectivity index is 2.72. The number of halogens is 2. The van der Waals surface area contributed by atoms with Crippen LogP contribution >= 0.6 is 0 Å². The van der Waals surface area contributed by atoms with Crippen LogP contribution in [0.15, 0.2) is 18.3 Å². The fourth-order valence-electron chi connectivity index (χ4n) is 1.96. The number of anilines is 1. The molecule has 108 valence electrons. The molecule has 0 amide bonds. The fraction of sp³-hybridized carbons (Fsp3) is 0.167. The zero-order chi connectivity index (χ0) is 15.7. The molecule has 2 N–H and O–H groups in total. The van der Waals surface area contributed by atoms with E-state index < -0.39 is 22.6 Å². The zero-order valence-corrected chi connectivity index (χ0v) is 10.7. The number of nitriles is 1. The second-order valence-corrected chi connectivity index (χ2v) is 4.24. The Hall–Kier alpha value is -3.02. The van der Waals surface area contributed by atoms with Crippen molar-refractivity contribution in [1.82, 2.24) is 9.78 Å². The fourth-order valence-corrected chi connectivity index (χ4v) is 1.96. The van der Waals surface area contributed by atoms with Gasteiger partial charge in [0.15, 0.2) is 5.82 Å². The summed E-state index contributed by atoms with van der Waals surface area (Å²) in [6, 6.07) is 3.73. The van der Waals surface area contributed by atoms with Crippen molar-refractivity contribution in [2.75, 3.05) is 5.73 Å². The first-order chi connectivity index (χ1) is 9.85. The molecule has 2 rings (SSSR count). The lowest BCUT2D eigenvalue weighted by atomic mass is 10.1. The molecule has 0 aliphatic heterocycles. The van der Waals surface area contributed by atoms with Gasteiger partial charge >= 0.3 is 0 Å². The van der Waals surface area contributed by atoms with Crippen molar-refractivity contribution < 1.29 is 13.7 Å². The molecule has 0 spiro atoms. The second-order valence-electron chi connectivity index (χ2n) is 4.24. The minimum atomic E-state index is -2.94. The molecule has 0 aliphatic carbocycles. The molecule has 0 unspecified atom stereocenters. The van der Waals surface area contributed by atoms with Crippen molar-refractivity contribution >= 4 is 11.5 Å². The Kier molecular flexibility index (Phi) is 3.54. The van der Waals surface area contributed by atoms with Gasteiger partial charge in [0, 0.05) is 12.1 Å². The highest BCUT2D eigenvalue weighted by Crippen LogP contribution is 2.32. The Bertz CT molecular complexity index is 764. The Morgan fingerprint density at radius 2 is 2.19 bits per heavy atom. The van der Waals surface area contributed by atoms with Crippen LogP contribution in [0.4, 0.5) is 20.3 Å². The van der Waals surface area contributed by atoms with Gasteiger partial charge in [0.2, 0.25) is 0 Å². The standard InChI is InChI=1S/C12H9F2N5O2/c1-6-2-8(19(20)21)3-9(11(13)14)10(6)18-5-7(4-15)12(16)17-18/h2-3,5,11H,1H3,(H2,16,17). The van der Waals surface area contributed by atoms with Gasteiger partial charge in [-0.1, -0.05) is 0 Å². The number of nitro benzene ring substituents is 1. The van der Waals surface area contributed by atoms with E-state index in [4.69, 9.17) is 11.0 Å². The lowest BCUT2D eigenvalue weighted by Gasteiger charge is -2.12. The van der Waals surface area contributed by atoms with Crippen molar-refractivity contribution in [3.05, 3.63) is 45.1 Å². The predicted molar refractivity (Wildman–Crippen MR) is 69.0 cm³/mol. The van der Waals surface area contributed by atoms with Crippen molar-refractivity contribution in [3.63, 3.8) is 0 Å². The number of hydrogen-bond acceptors (Lipinski definition) is 5. The molecule has 0 fully saturated rings. The Morgan fingerprint density at radius 1 is 1.52 bits per heavy atom. The SMILES string of the molecule is Cc1cc([N+](=O)[O-])cc(C(F)F)c1-n1cc(C#N)c(N)n1. The maximum absolute atomic E-state index is 13.2. The van der Waals surface area contributed by atoms with E-state index in [0.717, 1.165) is 16.8 Å². The van der Waals surface area contributed by atoms with Gasteiger partial charge in [-0.25, -0.2) is 13.5 Å². The molecule has 0 saturated heterocycles. The highest BCUT2D eigenvalue weighted by Gasteiger charge is 2.23. The van der Waals surface area contributed by atoms with E-state index >= 15 is 0 Å². The van der Waals surface area contributed by atoms with Crippen molar-refractivity contribution in [1.29, 1.82) is 5.26 Å². The lowest BCUT2D eigenvalue weighted by Crippen LogP contribution is -2.05. The number of hydrogen-bond donors (Lipinski definition) is 1. The highest BCUT2D eigenvalue weighted by molar-refractivity contribution is 5.57. The predicted octanol–water partition coefficient (Wildman–Crippen LogP) is 2.48. The van der Waals surface area contributed by atoms with Gasteiger partial charge in [-0.05, 0) is 12.5 Å². The van der Waals surface area contributed by atoms with Crippen LogP contribution in [0.25, 0.3) is 5.69 Å². The smallest absolute Gasteiger partial charge is 0.270 e. The molecule has 1 aromatic heterocycles. The molecule has 0 atom stereocenters. The quantitative estimate of drug-likeness (QED) is 0.690. The molecule has 21 heavy (non-hydrogen) atoms. The summed E-state index contributed by atoms with van der Waals surface area (Å²) >= 11 is 0. The van der Waals surface area contributed by atoms with Crippen LogP contribution in [0.1, 0.15) is 23.1 Å². The third-order valence-electron chi connectivity index (χ3n) is 2.85. The first-order valence-corrected chi connectivity index (χ1v) is 5.67. The molecule has 7 nitrogen and oxygen atoms in total. The minimum absolute atomic E-state index is 0.0243. The number of alkyl halides is 2. The molecule has 0 radical (unpaired) electrons. The highest BCUT2D eigenvalue weighted by atomic mass is 19.3. The summed E-state index contributed by atoms with van der Waals surface area (Å²) in [7, 11) is 0. The summed E-state index contributed by atoms with van der Waals surface area (Å²) in [6.45, 7) is 1.44. The van der Waals surface area contributed by atoms with E-state index in [1.54, 1.807) is 6.07 Å². The van der Waals surface area contributed by atoms with Crippen molar-refractivity contribution in [3.8, 4) is 11.8 Å². The van der Waals surface area contributed by atoms with Gasteiger partial charge in [-0.2, -0.15) is 5.26 Å². The van der Waals surface area contributed by atoms with Crippen LogP contribution in [-0.4, -0.2) is 14.7 Å². The molecule has 0 bridgehead atoms. The van der Waals surface area contributed by atoms with Crippen molar-refractivity contribution in [2.45, 2.75) is 13.3 Å². The number of nitro groups is 1. The molecule has 0 saturated carbocycles. The zero-order valence-electron chi connectivity index (χ0n) is 10.7. The maximum atomic E-state index is 13.2. The van der Waals surface area contributed by atoms with E-state index in [9.17, 15) is 18.9 Å². The molecular weight excluding hydrogens is 284 g/mol. The van der Waals surface area contributed by atoms with E-state index in [1.165, 1.54) is 13.1 Å². The third kappa shape index (κ3) is 2.51. The van der Waals surface area contributed by atoms with E-state index in [1.807, 2.05) is 0 Å². The van der Waals surface area contributed by atoms with Gasteiger partial charge in [0.25, 0.3) is 12.1 Å². The number of nitrogens with two attached hydrogens (primary N) is 1. The van der Waals surface area contributed by atoms with E-state index in [0.29, 0.717) is 0 Å². The van der Waals surface area contributed by atoms with Gasteiger partial charge < -0.3 is 5.73 Å². The third-order valence-corrected chi connectivity index (χ3v) is 2.85. The van der Waals surface area contributed by atoms with Crippen LogP contribution in [0.5, 0.6) is 0 Å². The lowest BCUT2D eigenvalue weighted by molar-refractivity contribution is -0.385. The number of benzene rings is 1. The normalized spacial score (nSPS) is 10.6. The average molecular weight is 293 g/mol. The van der Waals surface area contributed by atoms with Crippen LogP contribution in [-0.2, 0) is 0 Å². The minimum Gasteiger partial charge on any atom is -0.381 e. The second kappa shape index (κ2) is 5.16. The summed E-state index contributed by atoms with van der Waals surface area (Å²) in [5.74, 6) is -0.101.